The SMILES string of the molecule is CCN1CCN(C(=O)c2cnn(-c3ccc(C)cc3)c2C2CCN(C(=O)OC(C)(C)C)CC2)CC1. The first-order chi connectivity index (χ1) is 16.7. The Hall–Kier alpha value is -2.87. The second-order valence-corrected chi connectivity index (χ2v) is 10.7. The van der Waals surface area contributed by atoms with E-state index in [-0.39, 0.29) is 17.9 Å². The minimum atomic E-state index is -0.515. The summed E-state index contributed by atoms with van der Waals surface area (Å²) in [4.78, 5) is 32.3. The Morgan fingerprint density at radius 3 is 2.17 bits per heavy atom. The number of hydrogen-bond donors (Lipinski definition) is 0. The van der Waals surface area contributed by atoms with Crippen LogP contribution >= 0.6 is 0 Å². The Kier molecular flexibility index (Phi) is 7.50. The first-order valence-electron chi connectivity index (χ1n) is 12.8. The van der Waals surface area contributed by atoms with Gasteiger partial charge in [-0.2, -0.15) is 5.10 Å². The Morgan fingerprint density at radius 2 is 1.60 bits per heavy atom. The van der Waals surface area contributed by atoms with E-state index in [2.05, 4.69) is 43.0 Å². The van der Waals surface area contributed by atoms with Crippen LogP contribution < -0.4 is 0 Å². The third-order valence-corrected chi connectivity index (χ3v) is 6.96. The van der Waals surface area contributed by atoms with Gasteiger partial charge in [-0.25, -0.2) is 9.48 Å². The van der Waals surface area contributed by atoms with Gasteiger partial charge >= 0.3 is 6.09 Å². The van der Waals surface area contributed by atoms with Crippen LogP contribution in [0.1, 0.15) is 68.1 Å². The zero-order valence-electron chi connectivity index (χ0n) is 21.8. The molecule has 2 saturated heterocycles. The highest BCUT2D eigenvalue weighted by atomic mass is 16.6. The molecule has 3 heterocycles. The molecule has 0 N–H and O–H groups in total. The van der Waals surface area contributed by atoms with Gasteiger partial charge in [0.15, 0.2) is 0 Å². The summed E-state index contributed by atoms with van der Waals surface area (Å²) in [7, 11) is 0. The Balaban J connectivity index is 1.58. The highest BCUT2D eigenvalue weighted by molar-refractivity contribution is 5.95. The normalized spacial score (nSPS) is 18.1. The van der Waals surface area contributed by atoms with Gasteiger partial charge in [0.1, 0.15) is 5.60 Å². The van der Waals surface area contributed by atoms with Crippen LogP contribution in [-0.2, 0) is 4.74 Å². The van der Waals surface area contributed by atoms with Gasteiger partial charge in [-0.15, -0.1) is 0 Å². The number of aromatic nitrogens is 2. The lowest BCUT2D eigenvalue weighted by atomic mass is 9.90. The topological polar surface area (TPSA) is 70.9 Å². The third kappa shape index (κ3) is 5.86. The van der Waals surface area contributed by atoms with E-state index in [1.807, 2.05) is 30.4 Å². The van der Waals surface area contributed by atoms with Crippen LogP contribution in [0.2, 0.25) is 0 Å². The molecule has 1 aromatic heterocycles. The molecule has 0 atom stereocenters. The van der Waals surface area contributed by atoms with E-state index >= 15 is 0 Å². The number of likely N-dealkylation sites (tertiary alicyclic amines) is 1. The van der Waals surface area contributed by atoms with Crippen molar-refractivity contribution in [3.8, 4) is 5.69 Å². The monoisotopic (exact) mass is 481 g/mol. The number of benzene rings is 1. The van der Waals surface area contributed by atoms with Crippen molar-refractivity contribution in [3.63, 3.8) is 0 Å². The molecule has 8 nitrogen and oxygen atoms in total. The standard InChI is InChI=1S/C27H39N5O3/c1-6-29-15-17-30(18-16-29)25(33)23-19-28-32(22-9-7-20(2)8-10-22)24(23)21-11-13-31(14-12-21)26(34)35-27(3,4)5/h7-10,19,21H,6,11-18H2,1-5H3. The number of rotatable bonds is 4. The molecule has 0 aliphatic carbocycles. The van der Waals surface area contributed by atoms with E-state index in [1.165, 1.54) is 5.56 Å². The van der Waals surface area contributed by atoms with Crippen molar-refractivity contribution in [2.45, 2.75) is 59.0 Å². The van der Waals surface area contributed by atoms with Crippen molar-refractivity contribution in [3.05, 3.63) is 47.3 Å². The molecule has 8 heteroatoms. The van der Waals surface area contributed by atoms with Crippen molar-refractivity contribution in [2.24, 2.45) is 0 Å². The molecular weight excluding hydrogens is 442 g/mol. The quantitative estimate of drug-likeness (QED) is 0.658. The number of carbonyl (C=O) groups excluding carboxylic acids is 2. The first-order valence-corrected chi connectivity index (χ1v) is 12.8. The van der Waals surface area contributed by atoms with Crippen molar-refractivity contribution < 1.29 is 14.3 Å². The van der Waals surface area contributed by atoms with Crippen molar-refractivity contribution >= 4 is 12.0 Å². The summed E-state index contributed by atoms with van der Waals surface area (Å²) in [6.07, 6.45) is 3.00. The summed E-state index contributed by atoms with van der Waals surface area (Å²) in [5, 5.41) is 4.69. The van der Waals surface area contributed by atoms with E-state index in [1.54, 1.807) is 11.1 Å². The summed E-state index contributed by atoms with van der Waals surface area (Å²) in [5.41, 5.74) is 3.26. The van der Waals surface area contributed by atoms with Crippen LogP contribution in [0.15, 0.2) is 30.5 Å². The molecule has 2 aliphatic heterocycles. The van der Waals surface area contributed by atoms with Gasteiger partial charge in [0.2, 0.25) is 0 Å². The second-order valence-electron chi connectivity index (χ2n) is 10.7. The zero-order chi connectivity index (χ0) is 25.2. The average molecular weight is 482 g/mol. The van der Waals surface area contributed by atoms with Crippen molar-refractivity contribution in [1.82, 2.24) is 24.5 Å². The Labute approximate surface area is 208 Å². The third-order valence-electron chi connectivity index (χ3n) is 6.96. The van der Waals surface area contributed by atoms with Gasteiger partial charge in [-0.05, 0) is 59.2 Å². The van der Waals surface area contributed by atoms with Crippen LogP contribution in [0, 0.1) is 6.92 Å². The molecule has 0 unspecified atom stereocenters. The fourth-order valence-electron chi connectivity index (χ4n) is 4.91. The molecule has 0 bridgehead atoms. The van der Waals surface area contributed by atoms with Gasteiger partial charge in [0.25, 0.3) is 5.91 Å². The summed E-state index contributed by atoms with van der Waals surface area (Å²) in [5.74, 6) is 0.192. The number of piperidine rings is 1. The maximum absolute atomic E-state index is 13.7. The molecule has 2 aromatic rings. The van der Waals surface area contributed by atoms with Gasteiger partial charge < -0.3 is 19.4 Å². The fraction of sp³-hybridized carbons (Fsp3) is 0.593. The number of amides is 2. The highest BCUT2D eigenvalue weighted by Crippen LogP contribution is 2.33. The van der Waals surface area contributed by atoms with Gasteiger partial charge in [-0.3, -0.25) is 4.79 Å². The smallest absolute Gasteiger partial charge is 0.410 e. The zero-order valence-corrected chi connectivity index (χ0v) is 21.8. The first kappa shape index (κ1) is 25.2. The van der Waals surface area contributed by atoms with Gasteiger partial charge in [0, 0.05) is 45.2 Å². The molecule has 35 heavy (non-hydrogen) atoms. The molecule has 2 amide bonds. The lowest BCUT2D eigenvalue weighted by Crippen LogP contribution is -2.48. The second kappa shape index (κ2) is 10.4. The van der Waals surface area contributed by atoms with E-state index in [4.69, 9.17) is 9.84 Å². The van der Waals surface area contributed by atoms with Crippen LogP contribution in [0.3, 0.4) is 0 Å². The number of nitrogens with zero attached hydrogens (tertiary/aromatic N) is 5. The highest BCUT2D eigenvalue weighted by Gasteiger charge is 2.33. The summed E-state index contributed by atoms with van der Waals surface area (Å²) < 4.78 is 7.50. The fourth-order valence-corrected chi connectivity index (χ4v) is 4.91. The minimum Gasteiger partial charge on any atom is -0.444 e. The molecular formula is C27H39N5O3. The summed E-state index contributed by atoms with van der Waals surface area (Å²) in [6, 6.07) is 8.24. The molecule has 0 radical (unpaired) electrons. The Bertz CT molecular complexity index is 1020. The summed E-state index contributed by atoms with van der Waals surface area (Å²) >= 11 is 0. The minimum absolute atomic E-state index is 0.0590. The lowest BCUT2D eigenvalue weighted by molar-refractivity contribution is 0.0202. The molecule has 0 saturated carbocycles. The number of likely N-dealkylation sites (N-methyl/N-ethyl adjacent to an activating group) is 1. The predicted molar refractivity (Wildman–Crippen MR) is 136 cm³/mol. The number of piperazine rings is 1. The van der Waals surface area contributed by atoms with E-state index < -0.39 is 5.60 Å². The average Bonchev–Trinajstić information content (AvgIpc) is 3.28. The number of aryl methyl sites for hydroxylation is 1. The largest absolute Gasteiger partial charge is 0.444 e. The number of hydrogen-bond acceptors (Lipinski definition) is 5. The van der Waals surface area contributed by atoms with Crippen LogP contribution in [0.4, 0.5) is 4.79 Å². The maximum Gasteiger partial charge on any atom is 0.410 e. The van der Waals surface area contributed by atoms with Crippen molar-refractivity contribution in [2.75, 3.05) is 45.8 Å². The van der Waals surface area contributed by atoms with Crippen LogP contribution in [0.25, 0.3) is 5.69 Å². The predicted octanol–water partition coefficient (Wildman–Crippen LogP) is 4.07. The Morgan fingerprint density at radius 1 is 0.971 bits per heavy atom. The molecule has 0 spiro atoms. The maximum atomic E-state index is 13.7. The molecule has 2 fully saturated rings. The van der Waals surface area contributed by atoms with E-state index in [0.717, 1.165) is 56.9 Å². The molecule has 2 aliphatic rings. The molecule has 1 aromatic carbocycles. The van der Waals surface area contributed by atoms with Gasteiger partial charge in [0.05, 0.1) is 23.1 Å². The van der Waals surface area contributed by atoms with Crippen molar-refractivity contribution in [1.29, 1.82) is 0 Å². The van der Waals surface area contributed by atoms with E-state index in [0.29, 0.717) is 18.7 Å². The lowest BCUT2D eigenvalue weighted by Gasteiger charge is -2.35. The van der Waals surface area contributed by atoms with E-state index in [9.17, 15) is 9.59 Å². The summed E-state index contributed by atoms with van der Waals surface area (Å²) in [6.45, 7) is 15.4. The molecule has 4 rings (SSSR count). The van der Waals surface area contributed by atoms with Gasteiger partial charge in [-0.1, -0.05) is 24.6 Å². The number of ether oxygens (including phenoxy) is 1. The van der Waals surface area contributed by atoms with Crippen LogP contribution in [-0.4, -0.2) is 87.9 Å². The molecule has 190 valence electrons. The van der Waals surface area contributed by atoms with Crippen LogP contribution in [0.5, 0.6) is 0 Å². The number of carbonyl (C=O) groups is 2.